The highest BCUT2D eigenvalue weighted by molar-refractivity contribution is 6.03. The second kappa shape index (κ2) is 15.7. The Morgan fingerprint density at radius 3 is 2.24 bits per heavy atom. The van der Waals surface area contributed by atoms with E-state index in [0.29, 0.717) is 17.9 Å². The van der Waals surface area contributed by atoms with Gasteiger partial charge in [-0.1, -0.05) is 6.92 Å². The van der Waals surface area contributed by atoms with E-state index in [1.165, 1.54) is 67.3 Å². The molecule has 14 nitrogen and oxygen atoms in total. The van der Waals surface area contributed by atoms with Crippen molar-refractivity contribution in [3.05, 3.63) is 88.5 Å². The molecule has 0 bridgehead atoms. The molecule has 1 aromatic heterocycles. The number of ether oxygens (including phenoxy) is 3. The monoisotopic (exact) mass is 707 g/mol. The number of anilines is 2. The summed E-state index contributed by atoms with van der Waals surface area (Å²) < 4.78 is 45.2. The number of fused-ring (bicyclic) bond motifs is 1. The van der Waals surface area contributed by atoms with Crippen LogP contribution in [-0.2, 0) is 9.53 Å². The number of amides is 4. The molecule has 0 aliphatic carbocycles. The van der Waals surface area contributed by atoms with Crippen LogP contribution in [0.15, 0.2) is 65.5 Å². The highest BCUT2D eigenvalue weighted by Crippen LogP contribution is 2.37. The molecule has 2 unspecified atom stereocenters. The maximum atomic E-state index is 14.5. The van der Waals surface area contributed by atoms with Gasteiger partial charge in [-0.2, -0.15) is 0 Å². The van der Waals surface area contributed by atoms with Gasteiger partial charge in [-0.05, 0) is 61.9 Å². The van der Waals surface area contributed by atoms with Crippen molar-refractivity contribution >= 4 is 40.3 Å². The maximum Gasteiger partial charge on any atom is 0.407 e. The average Bonchev–Trinajstić information content (AvgIpc) is 3.14. The Bertz CT molecular complexity index is 1970. The second-order valence-electron chi connectivity index (χ2n) is 11.6. The number of piperazine rings is 1. The summed E-state index contributed by atoms with van der Waals surface area (Å²) in [5.74, 6) is -0.591. The number of rotatable bonds is 10. The van der Waals surface area contributed by atoms with Gasteiger partial charge in [0, 0.05) is 30.9 Å². The van der Waals surface area contributed by atoms with Crippen molar-refractivity contribution in [1.82, 2.24) is 19.9 Å². The summed E-state index contributed by atoms with van der Waals surface area (Å²) in [6, 6.07) is 11.2. The number of carbonyl (C=O) groups is 3. The molecule has 16 heteroatoms. The molecule has 4 amide bonds. The Kier molecular flexibility index (Phi) is 11.2. The summed E-state index contributed by atoms with van der Waals surface area (Å²) in [4.78, 5) is 61.2. The van der Waals surface area contributed by atoms with Crippen LogP contribution in [0.25, 0.3) is 10.9 Å². The van der Waals surface area contributed by atoms with Crippen molar-refractivity contribution in [3.8, 4) is 11.5 Å². The summed E-state index contributed by atoms with van der Waals surface area (Å²) >= 11 is 0. The minimum Gasteiger partial charge on any atom is -0.497 e. The van der Waals surface area contributed by atoms with Crippen molar-refractivity contribution in [3.63, 3.8) is 0 Å². The van der Waals surface area contributed by atoms with Gasteiger partial charge < -0.3 is 34.8 Å². The molecule has 2 atom stereocenters. The Morgan fingerprint density at radius 1 is 0.922 bits per heavy atom. The summed E-state index contributed by atoms with van der Waals surface area (Å²) in [5, 5.41) is 7.17. The lowest BCUT2D eigenvalue weighted by atomic mass is 10.1. The van der Waals surface area contributed by atoms with E-state index in [1.54, 1.807) is 42.0 Å². The van der Waals surface area contributed by atoms with Gasteiger partial charge in [-0.15, -0.1) is 0 Å². The maximum absolute atomic E-state index is 14.5. The number of aromatic nitrogens is 2. The van der Waals surface area contributed by atoms with Gasteiger partial charge in [-0.3, -0.25) is 14.5 Å². The van der Waals surface area contributed by atoms with Crippen molar-refractivity contribution in [2.75, 3.05) is 62.7 Å². The van der Waals surface area contributed by atoms with Crippen molar-refractivity contribution < 1.29 is 37.4 Å². The van der Waals surface area contributed by atoms with Crippen LogP contribution in [0.5, 0.6) is 11.5 Å². The summed E-state index contributed by atoms with van der Waals surface area (Å²) in [5.41, 5.74) is 0.141. The quantitative estimate of drug-likeness (QED) is 0.245. The van der Waals surface area contributed by atoms with Crippen molar-refractivity contribution in [1.29, 1.82) is 0 Å². The van der Waals surface area contributed by atoms with E-state index >= 15 is 0 Å². The first-order valence-electron chi connectivity index (χ1n) is 16.2. The number of benzene rings is 3. The molecule has 1 fully saturated rings. The van der Waals surface area contributed by atoms with E-state index in [1.807, 2.05) is 0 Å². The number of halogens is 2. The van der Waals surface area contributed by atoms with Gasteiger partial charge in [-0.25, -0.2) is 28.0 Å². The van der Waals surface area contributed by atoms with Gasteiger partial charge in [0.05, 0.1) is 57.1 Å². The molecular formula is C35H39F2N7O7. The average molecular weight is 708 g/mol. The minimum atomic E-state index is -1.01. The Balaban J connectivity index is 1.58. The first-order valence-corrected chi connectivity index (χ1v) is 16.2. The highest BCUT2D eigenvalue weighted by Gasteiger charge is 2.34. The molecule has 5 rings (SSSR count). The van der Waals surface area contributed by atoms with Crippen LogP contribution in [-0.4, -0.2) is 86.1 Å². The van der Waals surface area contributed by atoms with Gasteiger partial charge in [0.2, 0.25) is 5.91 Å². The molecule has 4 aromatic rings. The number of nitrogens with zero attached hydrogens (tertiary/aromatic N) is 5. The SMILES string of the molecule is CCC(NC(=O)OC)C(=O)N1CCN(n2c(C(C)N(C(=O)Nc3ccc(F)cc3)c3ccc(OC)cc3OC)nc3cc(F)ccc3c2=O)CC1. The van der Waals surface area contributed by atoms with E-state index in [9.17, 15) is 28.0 Å². The summed E-state index contributed by atoms with van der Waals surface area (Å²) in [6.07, 6.45) is -0.385. The van der Waals surface area contributed by atoms with E-state index in [0.717, 1.165) is 6.07 Å². The molecule has 270 valence electrons. The fourth-order valence-corrected chi connectivity index (χ4v) is 5.90. The number of hydrogen-bond acceptors (Lipinski definition) is 9. The molecule has 0 saturated carbocycles. The summed E-state index contributed by atoms with van der Waals surface area (Å²) in [6.45, 7) is 4.18. The number of nitrogens with one attached hydrogen (secondary N) is 2. The fourth-order valence-electron chi connectivity index (χ4n) is 5.90. The van der Waals surface area contributed by atoms with E-state index in [4.69, 9.17) is 14.5 Å². The Morgan fingerprint density at radius 2 is 1.61 bits per heavy atom. The number of carbonyl (C=O) groups excluding carboxylic acids is 3. The molecule has 1 saturated heterocycles. The van der Waals surface area contributed by atoms with Crippen LogP contribution < -0.4 is 35.6 Å². The number of alkyl carbamates (subject to hydrolysis) is 1. The zero-order valence-corrected chi connectivity index (χ0v) is 28.8. The third-order valence-corrected chi connectivity index (χ3v) is 8.59. The molecule has 51 heavy (non-hydrogen) atoms. The smallest absolute Gasteiger partial charge is 0.407 e. The lowest BCUT2D eigenvalue weighted by Crippen LogP contribution is -2.59. The van der Waals surface area contributed by atoms with E-state index in [2.05, 4.69) is 15.4 Å². The Hall–Kier alpha value is -5.93. The lowest BCUT2D eigenvalue weighted by Gasteiger charge is -2.40. The molecule has 1 aliphatic heterocycles. The van der Waals surface area contributed by atoms with Crippen LogP contribution in [0.3, 0.4) is 0 Å². The first-order chi connectivity index (χ1) is 24.5. The highest BCUT2D eigenvalue weighted by atomic mass is 19.1. The normalized spacial score (nSPS) is 14.0. The van der Waals surface area contributed by atoms with Gasteiger partial charge in [0.1, 0.15) is 29.2 Å². The van der Waals surface area contributed by atoms with Crippen molar-refractivity contribution in [2.24, 2.45) is 0 Å². The molecule has 0 radical (unpaired) electrons. The minimum absolute atomic E-state index is 0.0761. The van der Waals surface area contributed by atoms with E-state index < -0.39 is 41.4 Å². The predicted octanol–water partition coefficient (Wildman–Crippen LogP) is 4.41. The van der Waals surface area contributed by atoms with Crippen LogP contribution >= 0.6 is 0 Å². The lowest BCUT2D eigenvalue weighted by molar-refractivity contribution is -0.133. The third-order valence-electron chi connectivity index (χ3n) is 8.59. The number of hydrogen-bond donors (Lipinski definition) is 2. The van der Waals surface area contributed by atoms with Crippen LogP contribution in [0.1, 0.15) is 32.1 Å². The molecule has 2 heterocycles. The standard InChI is InChI=1S/C35H39F2N7O7/c1-6-27(40-35(48)51-5)33(46)41-15-17-42(18-16-41)44-31(39-28-19-23(37)9-13-26(28)32(44)45)21(2)43(29-14-12-25(49-3)20-30(29)50-4)34(47)38-24-10-7-22(36)8-11-24/h7-14,19-21,27H,6,15-18H2,1-5H3,(H,38,47)(H,40,48). The largest absolute Gasteiger partial charge is 0.497 e. The molecule has 3 aromatic carbocycles. The zero-order chi connectivity index (χ0) is 36.8. The second-order valence-corrected chi connectivity index (χ2v) is 11.6. The predicted molar refractivity (Wildman–Crippen MR) is 186 cm³/mol. The van der Waals surface area contributed by atoms with Crippen LogP contribution in [0.2, 0.25) is 0 Å². The fraction of sp³-hybridized carbons (Fsp3) is 0.343. The molecule has 2 N–H and O–H groups in total. The third kappa shape index (κ3) is 7.79. The van der Waals surface area contributed by atoms with Gasteiger partial charge in [0.25, 0.3) is 5.56 Å². The summed E-state index contributed by atoms with van der Waals surface area (Å²) in [7, 11) is 4.13. The molecular weight excluding hydrogens is 668 g/mol. The van der Waals surface area contributed by atoms with Gasteiger partial charge in [0.15, 0.2) is 5.82 Å². The zero-order valence-electron chi connectivity index (χ0n) is 28.8. The van der Waals surface area contributed by atoms with Crippen LogP contribution in [0, 0.1) is 11.6 Å². The first kappa shape index (κ1) is 36.4. The van der Waals surface area contributed by atoms with Crippen molar-refractivity contribution in [2.45, 2.75) is 32.4 Å². The molecule has 1 aliphatic rings. The molecule has 0 spiro atoms. The van der Waals surface area contributed by atoms with E-state index in [-0.39, 0.29) is 60.3 Å². The van der Waals surface area contributed by atoms with Crippen LogP contribution in [0.4, 0.5) is 29.7 Å². The van der Waals surface area contributed by atoms with Gasteiger partial charge >= 0.3 is 12.1 Å². The topological polar surface area (TPSA) is 148 Å². The number of methoxy groups -OCH3 is 3. The number of urea groups is 1. The Labute approximate surface area is 292 Å².